The minimum Gasteiger partial charge on any atom is -0.454 e. The highest BCUT2D eigenvalue weighted by Crippen LogP contribution is 2.32. The number of nitrogens with one attached hydrogen (secondary N) is 1. The Kier molecular flexibility index (Phi) is 3.44. The first-order chi connectivity index (χ1) is 10.3. The molecule has 1 aliphatic heterocycles. The second kappa shape index (κ2) is 5.55. The number of benzene rings is 2. The number of hydrogen-bond acceptors (Lipinski definition) is 4. The first kappa shape index (κ1) is 13.0. The summed E-state index contributed by atoms with van der Waals surface area (Å²) in [6.45, 7) is 0.546. The molecule has 0 spiro atoms. The van der Waals surface area contributed by atoms with Gasteiger partial charge in [-0.3, -0.25) is 4.79 Å². The summed E-state index contributed by atoms with van der Waals surface area (Å²) in [6.07, 6.45) is 0. The second-order valence-corrected chi connectivity index (χ2v) is 4.56. The highest BCUT2D eigenvalue weighted by molar-refractivity contribution is 5.94. The van der Waals surface area contributed by atoms with Crippen molar-refractivity contribution in [3.63, 3.8) is 0 Å². The lowest BCUT2D eigenvalue weighted by Crippen LogP contribution is -2.22. The van der Waals surface area contributed by atoms with Crippen LogP contribution in [0.5, 0.6) is 11.5 Å². The van der Waals surface area contributed by atoms with Gasteiger partial charge in [0.2, 0.25) is 6.79 Å². The quantitative estimate of drug-likeness (QED) is 0.935. The summed E-state index contributed by atoms with van der Waals surface area (Å²) in [5.74, 6) is 1.03. The summed E-state index contributed by atoms with van der Waals surface area (Å²) >= 11 is 0. The summed E-state index contributed by atoms with van der Waals surface area (Å²) in [7, 11) is 0. The van der Waals surface area contributed by atoms with E-state index < -0.39 is 0 Å². The predicted octanol–water partition coefficient (Wildman–Crippen LogP) is 2.22. The lowest BCUT2D eigenvalue weighted by Gasteiger charge is -2.06. The highest BCUT2D eigenvalue weighted by Gasteiger charge is 2.15. The average molecular weight is 280 g/mol. The highest BCUT2D eigenvalue weighted by atomic mass is 16.7. The van der Waals surface area contributed by atoms with E-state index in [4.69, 9.17) is 14.7 Å². The van der Waals surface area contributed by atoms with Crippen molar-refractivity contribution >= 4 is 5.91 Å². The number of carbonyl (C=O) groups excluding carboxylic acids is 1. The van der Waals surface area contributed by atoms with Crippen molar-refractivity contribution in [1.29, 1.82) is 5.26 Å². The van der Waals surface area contributed by atoms with Gasteiger partial charge in [0.15, 0.2) is 11.5 Å². The van der Waals surface area contributed by atoms with E-state index in [1.54, 1.807) is 36.4 Å². The summed E-state index contributed by atoms with van der Waals surface area (Å²) in [4.78, 5) is 12.1. The molecule has 5 nitrogen and oxygen atoms in total. The SMILES string of the molecule is N#Cc1cccc(CNC(=O)c2ccc3c(c2)OCO3)c1. The molecule has 0 atom stereocenters. The maximum atomic E-state index is 12.1. The van der Waals surface area contributed by atoms with Gasteiger partial charge in [0.25, 0.3) is 5.91 Å². The molecule has 104 valence electrons. The fourth-order valence-corrected chi connectivity index (χ4v) is 2.07. The van der Waals surface area contributed by atoms with Crippen LogP contribution in [-0.4, -0.2) is 12.7 Å². The van der Waals surface area contributed by atoms with E-state index >= 15 is 0 Å². The van der Waals surface area contributed by atoms with Gasteiger partial charge in [0.1, 0.15) is 0 Å². The van der Waals surface area contributed by atoms with Crippen LogP contribution in [0, 0.1) is 11.3 Å². The molecular formula is C16H12N2O3. The van der Waals surface area contributed by atoms with Gasteiger partial charge in [-0.15, -0.1) is 0 Å². The molecule has 0 radical (unpaired) electrons. The zero-order chi connectivity index (χ0) is 14.7. The summed E-state index contributed by atoms with van der Waals surface area (Å²) < 4.78 is 10.4. The second-order valence-electron chi connectivity index (χ2n) is 4.56. The van der Waals surface area contributed by atoms with Gasteiger partial charge in [-0.2, -0.15) is 5.26 Å². The fraction of sp³-hybridized carbons (Fsp3) is 0.125. The number of carbonyl (C=O) groups is 1. The van der Waals surface area contributed by atoms with E-state index in [1.165, 1.54) is 0 Å². The Labute approximate surface area is 121 Å². The Hall–Kier alpha value is -3.00. The summed E-state index contributed by atoms with van der Waals surface area (Å²) in [6, 6.07) is 14.3. The van der Waals surface area contributed by atoms with Crippen molar-refractivity contribution in [2.24, 2.45) is 0 Å². The number of hydrogen-bond donors (Lipinski definition) is 1. The van der Waals surface area contributed by atoms with Crippen LogP contribution in [0.4, 0.5) is 0 Å². The van der Waals surface area contributed by atoms with Crippen LogP contribution < -0.4 is 14.8 Å². The molecule has 0 unspecified atom stereocenters. The van der Waals surface area contributed by atoms with Crippen LogP contribution in [-0.2, 0) is 6.54 Å². The van der Waals surface area contributed by atoms with Crippen molar-refractivity contribution < 1.29 is 14.3 Å². The third kappa shape index (κ3) is 2.79. The molecule has 0 fully saturated rings. The molecule has 0 saturated heterocycles. The molecule has 0 bridgehead atoms. The molecule has 1 amide bonds. The van der Waals surface area contributed by atoms with Crippen LogP contribution >= 0.6 is 0 Å². The lowest BCUT2D eigenvalue weighted by atomic mass is 10.1. The summed E-state index contributed by atoms with van der Waals surface area (Å²) in [5, 5.41) is 11.7. The number of fused-ring (bicyclic) bond motifs is 1. The van der Waals surface area contributed by atoms with Crippen LogP contribution in [0.25, 0.3) is 0 Å². The van der Waals surface area contributed by atoms with Gasteiger partial charge in [0.05, 0.1) is 11.6 Å². The number of ether oxygens (including phenoxy) is 2. The van der Waals surface area contributed by atoms with Gasteiger partial charge < -0.3 is 14.8 Å². The fourth-order valence-electron chi connectivity index (χ4n) is 2.07. The predicted molar refractivity (Wildman–Crippen MR) is 74.9 cm³/mol. The Bertz CT molecular complexity index is 735. The molecule has 0 aliphatic carbocycles. The number of rotatable bonds is 3. The Balaban J connectivity index is 1.68. The Morgan fingerprint density at radius 3 is 2.90 bits per heavy atom. The standard InChI is InChI=1S/C16H12N2O3/c17-8-11-2-1-3-12(6-11)9-18-16(19)13-4-5-14-15(7-13)21-10-20-14/h1-7H,9-10H2,(H,18,19). The van der Waals surface area contributed by atoms with Crippen LogP contribution in [0.2, 0.25) is 0 Å². The third-order valence-electron chi connectivity index (χ3n) is 3.14. The van der Waals surface area contributed by atoms with Crippen molar-refractivity contribution in [2.75, 3.05) is 6.79 Å². The van der Waals surface area contributed by atoms with Gasteiger partial charge >= 0.3 is 0 Å². The number of nitrogens with zero attached hydrogens (tertiary/aromatic N) is 1. The Morgan fingerprint density at radius 2 is 2.05 bits per heavy atom. The van der Waals surface area contributed by atoms with Gasteiger partial charge in [-0.1, -0.05) is 12.1 Å². The van der Waals surface area contributed by atoms with E-state index in [2.05, 4.69) is 11.4 Å². The third-order valence-corrected chi connectivity index (χ3v) is 3.14. The van der Waals surface area contributed by atoms with Gasteiger partial charge in [-0.05, 0) is 35.9 Å². The smallest absolute Gasteiger partial charge is 0.251 e. The largest absolute Gasteiger partial charge is 0.454 e. The minimum absolute atomic E-state index is 0.182. The molecule has 2 aromatic carbocycles. The maximum absolute atomic E-state index is 12.1. The molecule has 2 aromatic rings. The topological polar surface area (TPSA) is 71.4 Å². The van der Waals surface area contributed by atoms with Crippen molar-refractivity contribution in [2.45, 2.75) is 6.54 Å². The first-order valence-electron chi connectivity index (χ1n) is 6.43. The van der Waals surface area contributed by atoms with Crippen LogP contribution in [0.3, 0.4) is 0 Å². The monoisotopic (exact) mass is 280 g/mol. The number of amides is 1. The van der Waals surface area contributed by atoms with E-state index in [0.29, 0.717) is 29.2 Å². The molecule has 1 aliphatic rings. The van der Waals surface area contributed by atoms with Crippen LogP contribution in [0.1, 0.15) is 21.5 Å². The normalized spacial score (nSPS) is 11.8. The minimum atomic E-state index is -0.198. The van der Waals surface area contributed by atoms with E-state index in [0.717, 1.165) is 5.56 Å². The van der Waals surface area contributed by atoms with Crippen molar-refractivity contribution in [3.8, 4) is 17.6 Å². The molecule has 1 N–H and O–H groups in total. The number of nitriles is 1. The zero-order valence-electron chi connectivity index (χ0n) is 11.1. The molecule has 3 rings (SSSR count). The lowest BCUT2D eigenvalue weighted by molar-refractivity contribution is 0.0950. The maximum Gasteiger partial charge on any atom is 0.251 e. The van der Waals surface area contributed by atoms with Gasteiger partial charge in [0, 0.05) is 12.1 Å². The molecule has 5 heteroatoms. The van der Waals surface area contributed by atoms with E-state index in [1.807, 2.05) is 6.07 Å². The van der Waals surface area contributed by atoms with Crippen molar-refractivity contribution in [1.82, 2.24) is 5.32 Å². The average Bonchev–Trinajstić information content (AvgIpc) is 3.00. The molecule has 21 heavy (non-hydrogen) atoms. The van der Waals surface area contributed by atoms with Crippen molar-refractivity contribution in [3.05, 3.63) is 59.2 Å². The molecule has 1 heterocycles. The first-order valence-corrected chi connectivity index (χ1v) is 6.43. The Morgan fingerprint density at radius 1 is 1.19 bits per heavy atom. The molecular weight excluding hydrogens is 268 g/mol. The van der Waals surface area contributed by atoms with Gasteiger partial charge in [-0.25, -0.2) is 0 Å². The van der Waals surface area contributed by atoms with E-state index in [-0.39, 0.29) is 12.7 Å². The molecule has 0 saturated carbocycles. The zero-order valence-corrected chi connectivity index (χ0v) is 11.1. The van der Waals surface area contributed by atoms with Crippen LogP contribution in [0.15, 0.2) is 42.5 Å². The molecule has 0 aromatic heterocycles. The summed E-state index contributed by atoms with van der Waals surface area (Å²) in [5.41, 5.74) is 1.96. The van der Waals surface area contributed by atoms with E-state index in [9.17, 15) is 4.79 Å².